The van der Waals surface area contributed by atoms with Gasteiger partial charge >= 0.3 is 0 Å². The van der Waals surface area contributed by atoms with Gasteiger partial charge in [0.05, 0.1) is 0 Å². The van der Waals surface area contributed by atoms with E-state index in [0.717, 1.165) is 16.9 Å². The number of aryl methyl sites for hydroxylation is 2. The van der Waals surface area contributed by atoms with Crippen LogP contribution in [0.2, 0.25) is 0 Å². The van der Waals surface area contributed by atoms with E-state index in [9.17, 15) is 5.11 Å². The molecule has 0 saturated carbocycles. The minimum absolute atomic E-state index is 0.293. The van der Waals surface area contributed by atoms with E-state index < -0.39 is 0 Å². The number of ether oxygens (including phenoxy) is 1. The van der Waals surface area contributed by atoms with E-state index in [1.807, 2.05) is 44.2 Å². The fraction of sp³-hybridized carbons (Fsp3) is 0.200. The predicted octanol–water partition coefficient (Wildman–Crippen LogP) is 3.59. The second kappa shape index (κ2) is 4.91. The van der Waals surface area contributed by atoms with Crippen molar-refractivity contribution < 1.29 is 9.84 Å². The van der Waals surface area contributed by atoms with Gasteiger partial charge in [-0.15, -0.1) is 0 Å². The number of aromatic hydroxyl groups is 1. The lowest BCUT2D eigenvalue weighted by Crippen LogP contribution is -1.97. The van der Waals surface area contributed by atoms with Crippen LogP contribution in [-0.4, -0.2) is 5.11 Å². The minimum Gasteiger partial charge on any atom is -0.508 e. The lowest BCUT2D eigenvalue weighted by atomic mass is 10.1. The molecule has 0 aliphatic heterocycles. The molecule has 0 unspecified atom stereocenters. The molecule has 0 aliphatic carbocycles. The summed E-state index contributed by atoms with van der Waals surface area (Å²) in [5, 5.41) is 9.32. The molecule has 88 valence electrons. The number of hydrogen-bond donors (Lipinski definition) is 1. The number of phenols is 1. The standard InChI is InChI=1S/C15H16O2/c1-11-4-3-5-15(8-11)17-10-13-6-7-14(16)9-12(13)2/h3-9,16H,10H2,1-2H3. The number of benzene rings is 2. The molecule has 2 nitrogen and oxygen atoms in total. The number of rotatable bonds is 3. The van der Waals surface area contributed by atoms with E-state index in [-0.39, 0.29) is 0 Å². The predicted molar refractivity (Wildman–Crippen MR) is 68.4 cm³/mol. The van der Waals surface area contributed by atoms with Crippen molar-refractivity contribution in [2.24, 2.45) is 0 Å². The van der Waals surface area contributed by atoms with Gasteiger partial charge in [0.2, 0.25) is 0 Å². The smallest absolute Gasteiger partial charge is 0.120 e. The fourth-order valence-electron chi connectivity index (χ4n) is 1.71. The summed E-state index contributed by atoms with van der Waals surface area (Å²) in [4.78, 5) is 0. The lowest BCUT2D eigenvalue weighted by Gasteiger charge is -2.09. The van der Waals surface area contributed by atoms with Crippen LogP contribution in [0.3, 0.4) is 0 Å². The molecule has 0 bridgehead atoms. The summed E-state index contributed by atoms with van der Waals surface area (Å²) in [5.74, 6) is 1.17. The Morgan fingerprint density at radius 1 is 1.06 bits per heavy atom. The van der Waals surface area contributed by atoms with Crippen LogP contribution in [-0.2, 0) is 6.61 Å². The van der Waals surface area contributed by atoms with Crippen LogP contribution in [0.15, 0.2) is 42.5 Å². The van der Waals surface area contributed by atoms with Crippen LogP contribution in [0.25, 0.3) is 0 Å². The van der Waals surface area contributed by atoms with Crippen molar-refractivity contribution >= 4 is 0 Å². The average molecular weight is 228 g/mol. The first-order valence-electron chi connectivity index (χ1n) is 5.63. The van der Waals surface area contributed by atoms with Gasteiger partial charge in [0.1, 0.15) is 18.1 Å². The first kappa shape index (κ1) is 11.5. The monoisotopic (exact) mass is 228 g/mol. The Labute approximate surface area is 101 Å². The molecule has 2 aromatic carbocycles. The van der Waals surface area contributed by atoms with Gasteiger partial charge in [-0.25, -0.2) is 0 Å². The van der Waals surface area contributed by atoms with E-state index >= 15 is 0 Å². The summed E-state index contributed by atoms with van der Waals surface area (Å²) >= 11 is 0. The van der Waals surface area contributed by atoms with Crippen molar-refractivity contribution in [3.63, 3.8) is 0 Å². The van der Waals surface area contributed by atoms with Crippen LogP contribution in [0.1, 0.15) is 16.7 Å². The Kier molecular flexibility index (Phi) is 3.33. The highest BCUT2D eigenvalue weighted by molar-refractivity contribution is 5.34. The molecule has 0 amide bonds. The number of phenolic OH excluding ortho intramolecular Hbond substituents is 1. The van der Waals surface area contributed by atoms with Crippen LogP contribution in [0.4, 0.5) is 0 Å². The minimum atomic E-state index is 0.293. The van der Waals surface area contributed by atoms with Gasteiger partial charge in [0.15, 0.2) is 0 Å². The first-order chi connectivity index (χ1) is 8.15. The Bertz CT molecular complexity index is 518. The quantitative estimate of drug-likeness (QED) is 0.870. The second-order valence-corrected chi connectivity index (χ2v) is 4.22. The average Bonchev–Trinajstić information content (AvgIpc) is 2.28. The normalized spacial score (nSPS) is 10.2. The molecule has 0 aliphatic rings. The van der Waals surface area contributed by atoms with Crippen molar-refractivity contribution in [3.8, 4) is 11.5 Å². The highest BCUT2D eigenvalue weighted by Crippen LogP contribution is 2.19. The zero-order valence-corrected chi connectivity index (χ0v) is 10.1. The van der Waals surface area contributed by atoms with Crippen LogP contribution in [0, 0.1) is 13.8 Å². The molecule has 0 heterocycles. The van der Waals surface area contributed by atoms with Crippen LogP contribution in [0.5, 0.6) is 11.5 Å². The highest BCUT2D eigenvalue weighted by Gasteiger charge is 2.01. The van der Waals surface area contributed by atoms with E-state index in [2.05, 4.69) is 0 Å². The molecule has 2 rings (SSSR count). The van der Waals surface area contributed by atoms with E-state index in [1.54, 1.807) is 12.1 Å². The molecular formula is C15H16O2. The first-order valence-corrected chi connectivity index (χ1v) is 5.63. The van der Waals surface area contributed by atoms with E-state index in [0.29, 0.717) is 12.4 Å². The zero-order valence-electron chi connectivity index (χ0n) is 10.1. The molecule has 1 N–H and O–H groups in total. The molecule has 0 saturated heterocycles. The molecular weight excluding hydrogens is 212 g/mol. The third kappa shape index (κ3) is 3.00. The van der Waals surface area contributed by atoms with Gasteiger partial charge in [0.25, 0.3) is 0 Å². The zero-order chi connectivity index (χ0) is 12.3. The Morgan fingerprint density at radius 2 is 1.88 bits per heavy atom. The van der Waals surface area contributed by atoms with Crippen LogP contribution >= 0.6 is 0 Å². The van der Waals surface area contributed by atoms with Gasteiger partial charge in [0, 0.05) is 0 Å². The molecule has 17 heavy (non-hydrogen) atoms. The maximum atomic E-state index is 9.32. The number of hydrogen-bond acceptors (Lipinski definition) is 2. The summed E-state index contributed by atoms with van der Waals surface area (Å²) in [6, 6.07) is 13.3. The van der Waals surface area contributed by atoms with Crippen molar-refractivity contribution in [2.45, 2.75) is 20.5 Å². The van der Waals surface area contributed by atoms with E-state index in [1.165, 1.54) is 5.56 Å². The molecule has 0 spiro atoms. The fourth-order valence-corrected chi connectivity index (χ4v) is 1.71. The summed E-state index contributed by atoms with van der Waals surface area (Å²) in [6.45, 7) is 4.53. The van der Waals surface area contributed by atoms with Gasteiger partial charge < -0.3 is 9.84 Å². The third-order valence-corrected chi connectivity index (χ3v) is 2.71. The van der Waals surface area contributed by atoms with Crippen molar-refractivity contribution in [1.29, 1.82) is 0 Å². The third-order valence-electron chi connectivity index (χ3n) is 2.71. The van der Waals surface area contributed by atoms with Crippen molar-refractivity contribution in [2.75, 3.05) is 0 Å². The highest BCUT2D eigenvalue weighted by atomic mass is 16.5. The van der Waals surface area contributed by atoms with Crippen molar-refractivity contribution in [1.82, 2.24) is 0 Å². The molecule has 0 radical (unpaired) electrons. The summed E-state index contributed by atoms with van der Waals surface area (Å²) in [5.41, 5.74) is 3.31. The topological polar surface area (TPSA) is 29.5 Å². The molecule has 0 atom stereocenters. The SMILES string of the molecule is Cc1cccc(OCc2ccc(O)cc2C)c1. The summed E-state index contributed by atoms with van der Waals surface area (Å²) in [6.07, 6.45) is 0. The van der Waals surface area contributed by atoms with Gasteiger partial charge in [-0.1, -0.05) is 18.2 Å². The Hall–Kier alpha value is -1.96. The lowest BCUT2D eigenvalue weighted by molar-refractivity contribution is 0.305. The second-order valence-electron chi connectivity index (χ2n) is 4.22. The summed E-state index contributed by atoms with van der Waals surface area (Å²) in [7, 11) is 0. The molecule has 0 fully saturated rings. The molecule has 2 heteroatoms. The van der Waals surface area contributed by atoms with E-state index in [4.69, 9.17) is 4.74 Å². The van der Waals surface area contributed by atoms with Gasteiger partial charge in [-0.05, 0) is 54.8 Å². The molecule has 2 aromatic rings. The Morgan fingerprint density at radius 3 is 2.59 bits per heavy atom. The maximum Gasteiger partial charge on any atom is 0.120 e. The summed E-state index contributed by atoms with van der Waals surface area (Å²) < 4.78 is 5.71. The Balaban J connectivity index is 2.07. The van der Waals surface area contributed by atoms with Crippen molar-refractivity contribution in [3.05, 3.63) is 59.2 Å². The van der Waals surface area contributed by atoms with Gasteiger partial charge in [-0.3, -0.25) is 0 Å². The maximum absolute atomic E-state index is 9.32. The largest absolute Gasteiger partial charge is 0.508 e. The molecule has 0 aromatic heterocycles. The van der Waals surface area contributed by atoms with Crippen LogP contribution < -0.4 is 4.74 Å². The van der Waals surface area contributed by atoms with Gasteiger partial charge in [-0.2, -0.15) is 0 Å².